The Hall–Kier alpha value is -2.73. The third-order valence-electron chi connectivity index (χ3n) is 5.62. The van der Waals surface area contributed by atoms with Gasteiger partial charge in [0.25, 0.3) is 5.56 Å². The summed E-state index contributed by atoms with van der Waals surface area (Å²) in [7, 11) is 0. The highest BCUT2D eigenvalue weighted by Gasteiger charge is 2.25. The van der Waals surface area contributed by atoms with Crippen LogP contribution in [0, 0.1) is 0 Å². The number of para-hydroxylation sites is 1. The highest BCUT2D eigenvalue weighted by Crippen LogP contribution is 2.29. The minimum absolute atomic E-state index is 0.00591. The summed E-state index contributed by atoms with van der Waals surface area (Å²) in [6, 6.07) is 14.1. The third-order valence-corrected chi connectivity index (χ3v) is 5.62. The normalized spacial score (nSPS) is 14.9. The Morgan fingerprint density at radius 3 is 2.66 bits per heavy atom. The second kappa shape index (κ2) is 9.18. The van der Waals surface area contributed by atoms with Crippen molar-refractivity contribution < 1.29 is 0 Å². The molecular formula is C23H29N5O. The second-order valence-electron chi connectivity index (χ2n) is 7.67. The summed E-state index contributed by atoms with van der Waals surface area (Å²) in [4.78, 5) is 24.4. The number of aryl methyl sites for hydroxylation is 1. The van der Waals surface area contributed by atoms with E-state index >= 15 is 0 Å². The van der Waals surface area contributed by atoms with E-state index < -0.39 is 0 Å². The Bertz CT molecular complexity index is 995. The number of unbranched alkanes of at least 4 members (excludes halogenated alkanes) is 2. The second-order valence-corrected chi connectivity index (χ2v) is 7.67. The minimum atomic E-state index is 0.00591. The minimum Gasteiger partial charge on any atom is -0.317 e. The van der Waals surface area contributed by atoms with Gasteiger partial charge in [-0.15, -0.1) is 0 Å². The molecule has 0 saturated carbocycles. The fraction of sp³-hybridized carbons (Fsp3) is 0.435. The van der Waals surface area contributed by atoms with Crippen molar-refractivity contribution >= 4 is 22.7 Å². The zero-order chi connectivity index (χ0) is 20.1. The maximum Gasteiger partial charge on any atom is 0.252 e. The first-order chi connectivity index (χ1) is 14.3. The van der Waals surface area contributed by atoms with Crippen molar-refractivity contribution in [3.8, 4) is 0 Å². The number of fused-ring (bicyclic) bond motifs is 1. The van der Waals surface area contributed by atoms with Gasteiger partial charge < -0.3 is 10.2 Å². The van der Waals surface area contributed by atoms with Crippen molar-refractivity contribution in [3.63, 3.8) is 0 Å². The van der Waals surface area contributed by atoms with Crippen molar-refractivity contribution in [2.45, 2.75) is 51.6 Å². The topological polar surface area (TPSA) is 63.1 Å². The van der Waals surface area contributed by atoms with Crippen LogP contribution in [0.3, 0.4) is 0 Å². The standard InChI is InChI=1S/C23H29N5O/c1-2-3-7-16-27-21(29)11-10-18-17-25-23(26-22(18)27)28(19-8-5-4-6-9-19)20-12-14-24-15-13-20/h4-6,8-11,17,20,24H,2-3,7,12-16H2,1H3. The van der Waals surface area contributed by atoms with Gasteiger partial charge >= 0.3 is 0 Å². The average Bonchev–Trinajstić information content (AvgIpc) is 2.77. The summed E-state index contributed by atoms with van der Waals surface area (Å²) in [5.74, 6) is 0.672. The smallest absolute Gasteiger partial charge is 0.252 e. The Balaban J connectivity index is 1.79. The van der Waals surface area contributed by atoms with Crippen LogP contribution < -0.4 is 15.8 Å². The fourth-order valence-corrected chi connectivity index (χ4v) is 4.06. The molecule has 1 fully saturated rings. The van der Waals surface area contributed by atoms with Crippen LogP contribution in [-0.2, 0) is 6.54 Å². The Morgan fingerprint density at radius 1 is 1.10 bits per heavy atom. The van der Waals surface area contributed by atoms with Crippen molar-refractivity contribution in [1.29, 1.82) is 0 Å². The van der Waals surface area contributed by atoms with Crippen molar-refractivity contribution in [3.05, 3.63) is 59.0 Å². The van der Waals surface area contributed by atoms with Gasteiger partial charge in [-0.05, 0) is 50.6 Å². The van der Waals surface area contributed by atoms with Crippen LogP contribution in [0.1, 0.15) is 39.0 Å². The number of aromatic nitrogens is 3. The molecule has 0 amide bonds. The molecule has 0 atom stereocenters. The zero-order valence-corrected chi connectivity index (χ0v) is 17.1. The first-order valence-corrected chi connectivity index (χ1v) is 10.7. The number of anilines is 2. The van der Waals surface area contributed by atoms with Gasteiger partial charge in [-0.2, -0.15) is 4.98 Å². The van der Waals surface area contributed by atoms with Crippen molar-refractivity contribution in [2.24, 2.45) is 0 Å². The fourth-order valence-electron chi connectivity index (χ4n) is 4.06. The molecule has 0 aliphatic carbocycles. The SMILES string of the molecule is CCCCCn1c(=O)ccc2cnc(N(c3ccccc3)C3CCNCC3)nc21. The monoisotopic (exact) mass is 391 g/mol. The maximum absolute atomic E-state index is 12.6. The predicted octanol–water partition coefficient (Wildman–Crippen LogP) is 3.87. The van der Waals surface area contributed by atoms with Gasteiger partial charge in [0.1, 0.15) is 5.65 Å². The number of nitrogens with one attached hydrogen (secondary N) is 1. The Labute approximate surface area is 171 Å². The Morgan fingerprint density at radius 2 is 1.90 bits per heavy atom. The largest absolute Gasteiger partial charge is 0.317 e. The number of hydrogen-bond acceptors (Lipinski definition) is 5. The van der Waals surface area contributed by atoms with E-state index in [1.807, 2.05) is 35.0 Å². The van der Waals surface area contributed by atoms with E-state index in [-0.39, 0.29) is 5.56 Å². The highest BCUT2D eigenvalue weighted by molar-refractivity contribution is 5.76. The summed E-state index contributed by atoms with van der Waals surface area (Å²) in [5.41, 5.74) is 1.83. The molecule has 0 unspecified atom stereocenters. The first-order valence-electron chi connectivity index (χ1n) is 10.7. The average molecular weight is 392 g/mol. The number of pyridine rings is 1. The lowest BCUT2D eigenvalue weighted by molar-refractivity contribution is 0.449. The molecule has 2 aromatic heterocycles. The van der Waals surface area contributed by atoms with E-state index in [0.717, 1.165) is 61.9 Å². The summed E-state index contributed by atoms with van der Waals surface area (Å²) in [6.45, 7) is 4.84. The molecule has 3 heterocycles. The molecule has 0 spiro atoms. The molecule has 1 aliphatic rings. The molecule has 0 radical (unpaired) electrons. The number of piperidine rings is 1. The molecule has 1 aliphatic heterocycles. The molecule has 6 heteroatoms. The molecule has 1 N–H and O–H groups in total. The Kier molecular flexibility index (Phi) is 6.20. The van der Waals surface area contributed by atoms with Gasteiger partial charge in [0.2, 0.25) is 5.95 Å². The van der Waals surface area contributed by atoms with Gasteiger partial charge in [-0.1, -0.05) is 38.0 Å². The van der Waals surface area contributed by atoms with Gasteiger partial charge in [0.05, 0.1) is 0 Å². The summed E-state index contributed by atoms with van der Waals surface area (Å²) < 4.78 is 1.81. The lowest BCUT2D eigenvalue weighted by Gasteiger charge is -2.34. The quantitative estimate of drug-likeness (QED) is 0.620. The third kappa shape index (κ3) is 4.32. The highest BCUT2D eigenvalue weighted by atomic mass is 16.1. The van der Waals surface area contributed by atoms with Gasteiger partial charge in [-0.25, -0.2) is 4.98 Å². The van der Waals surface area contributed by atoms with Gasteiger partial charge in [0.15, 0.2) is 0 Å². The molecule has 0 bridgehead atoms. The number of nitrogens with zero attached hydrogens (tertiary/aromatic N) is 4. The lowest BCUT2D eigenvalue weighted by atomic mass is 10.0. The zero-order valence-electron chi connectivity index (χ0n) is 17.1. The van der Waals surface area contributed by atoms with Crippen LogP contribution >= 0.6 is 0 Å². The maximum atomic E-state index is 12.6. The van der Waals surface area contributed by atoms with E-state index in [1.54, 1.807) is 6.07 Å². The van der Waals surface area contributed by atoms with Crippen molar-refractivity contribution in [2.75, 3.05) is 18.0 Å². The van der Waals surface area contributed by atoms with Crippen LogP contribution in [0.2, 0.25) is 0 Å². The van der Waals surface area contributed by atoms with E-state index in [1.165, 1.54) is 0 Å². The summed E-state index contributed by atoms with van der Waals surface area (Å²) >= 11 is 0. The van der Waals surface area contributed by atoms with E-state index in [9.17, 15) is 4.79 Å². The molecule has 1 saturated heterocycles. The lowest BCUT2D eigenvalue weighted by Crippen LogP contribution is -2.41. The van der Waals surface area contributed by atoms with Gasteiger partial charge in [-0.3, -0.25) is 9.36 Å². The van der Waals surface area contributed by atoms with Crippen LogP contribution in [0.15, 0.2) is 53.5 Å². The number of benzene rings is 1. The molecule has 152 valence electrons. The van der Waals surface area contributed by atoms with Gasteiger partial charge in [0, 0.05) is 35.9 Å². The summed E-state index contributed by atoms with van der Waals surface area (Å²) in [5, 5.41) is 4.34. The van der Waals surface area contributed by atoms with E-state index in [2.05, 4.69) is 29.3 Å². The molecule has 1 aromatic carbocycles. The van der Waals surface area contributed by atoms with Crippen LogP contribution in [0.25, 0.3) is 11.0 Å². The van der Waals surface area contributed by atoms with Crippen LogP contribution in [0.5, 0.6) is 0 Å². The van der Waals surface area contributed by atoms with E-state index in [0.29, 0.717) is 18.5 Å². The first kappa shape index (κ1) is 19.6. The molecular weight excluding hydrogens is 362 g/mol. The molecule has 29 heavy (non-hydrogen) atoms. The molecule has 6 nitrogen and oxygen atoms in total. The number of rotatable bonds is 7. The number of hydrogen-bond donors (Lipinski definition) is 1. The van der Waals surface area contributed by atoms with Crippen molar-refractivity contribution in [1.82, 2.24) is 19.9 Å². The van der Waals surface area contributed by atoms with Crippen LogP contribution in [0.4, 0.5) is 11.6 Å². The summed E-state index contributed by atoms with van der Waals surface area (Å²) in [6.07, 6.45) is 7.13. The van der Waals surface area contributed by atoms with E-state index in [4.69, 9.17) is 9.97 Å². The molecule has 4 rings (SSSR count). The van der Waals surface area contributed by atoms with Crippen LogP contribution in [-0.4, -0.2) is 33.7 Å². The predicted molar refractivity (Wildman–Crippen MR) is 118 cm³/mol. The molecule has 3 aromatic rings.